The molecule has 0 spiro atoms. The Balaban J connectivity index is 1.90. The Morgan fingerprint density at radius 2 is 2.00 bits per heavy atom. The van der Waals surface area contributed by atoms with E-state index in [0.29, 0.717) is 16.8 Å². The van der Waals surface area contributed by atoms with Gasteiger partial charge in [-0.15, -0.1) is 0 Å². The van der Waals surface area contributed by atoms with Crippen LogP contribution in [0.5, 0.6) is 0 Å². The lowest BCUT2D eigenvalue weighted by molar-refractivity contribution is 0.414. The minimum absolute atomic E-state index is 0.261. The van der Waals surface area contributed by atoms with Gasteiger partial charge in [0.15, 0.2) is 5.11 Å². The first-order valence-electron chi connectivity index (χ1n) is 6.49. The van der Waals surface area contributed by atoms with Gasteiger partial charge in [0.05, 0.1) is 5.69 Å². The largest absolute Gasteiger partial charge is 0.360 e. The second kappa shape index (κ2) is 6.14. The predicted molar refractivity (Wildman–Crippen MR) is 77.4 cm³/mol. The van der Waals surface area contributed by atoms with Gasteiger partial charge in [-0.1, -0.05) is 25.3 Å². The normalized spacial score (nSPS) is 16.3. The second-order valence-electron chi connectivity index (χ2n) is 4.92. The highest BCUT2D eigenvalue weighted by Gasteiger charge is 2.14. The van der Waals surface area contributed by atoms with Gasteiger partial charge in [0.25, 0.3) is 0 Å². The van der Waals surface area contributed by atoms with E-state index in [0.717, 1.165) is 18.4 Å². The molecule has 4 heteroatoms. The van der Waals surface area contributed by atoms with Crippen LogP contribution in [0.4, 0.5) is 10.1 Å². The SMILES string of the molecule is Cc1ccc(NC(=S)NC2CCCCC2)c(F)c1. The molecule has 18 heavy (non-hydrogen) atoms. The van der Waals surface area contributed by atoms with Gasteiger partial charge >= 0.3 is 0 Å². The van der Waals surface area contributed by atoms with Gasteiger partial charge in [0, 0.05) is 6.04 Å². The number of halogens is 1. The van der Waals surface area contributed by atoms with E-state index in [9.17, 15) is 4.39 Å². The Labute approximate surface area is 113 Å². The first-order chi connectivity index (χ1) is 8.65. The molecule has 2 nitrogen and oxygen atoms in total. The molecule has 0 radical (unpaired) electrons. The molecule has 98 valence electrons. The number of hydrogen-bond acceptors (Lipinski definition) is 1. The third-order valence-electron chi connectivity index (χ3n) is 3.31. The smallest absolute Gasteiger partial charge is 0.171 e. The van der Waals surface area contributed by atoms with Crippen molar-refractivity contribution < 1.29 is 4.39 Å². The molecule has 0 heterocycles. The maximum atomic E-state index is 13.6. The van der Waals surface area contributed by atoms with Crippen molar-refractivity contribution in [3.63, 3.8) is 0 Å². The molecule has 2 rings (SSSR count). The number of thiocarbonyl (C=S) groups is 1. The molecule has 0 amide bonds. The van der Waals surface area contributed by atoms with E-state index < -0.39 is 0 Å². The summed E-state index contributed by atoms with van der Waals surface area (Å²) in [6.07, 6.45) is 6.11. The molecule has 1 aromatic rings. The van der Waals surface area contributed by atoms with Crippen molar-refractivity contribution >= 4 is 23.0 Å². The topological polar surface area (TPSA) is 24.1 Å². The van der Waals surface area contributed by atoms with Gasteiger partial charge in [0.2, 0.25) is 0 Å². The van der Waals surface area contributed by atoms with Crippen molar-refractivity contribution in [2.75, 3.05) is 5.32 Å². The fourth-order valence-electron chi connectivity index (χ4n) is 2.31. The van der Waals surface area contributed by atoms with Crippen molar-refractivity contribution in [3.8, 4) is 0 Å². The Morgan fingerprint density at radius 3 is 2.67 bits per heavy atom. The van der Waals surface area contributed by atoms with Gasteiger partial charge in [-0.2, -0.15) is 0 Å². The molecule has 0 atom stereocenters. The maximum absolute atomic E-state index is 13.6. The molecular weight excluding hydrogens is 247 g/mol. The first kappa shape index (κ1) is 13.3. The summed E-state index contributed by atoms with van der Waals surface area (Å²) in [5.74, 6) is -0.261. The highest BCUT2D eigenvalue weighted by atomic mass is 32.1. The Kier molecular flexibility index (Phi) is 4.53. The Hall–Kier alpha value is -1.16. The minimum atomic E-state index is -0.261. The van der Waals surface area contributed by atoms with Crippen LogP contribution in [0.2, 0.25) is 0 Å². The summed E-state index contributed by atoms with van der Waals surface area (Å²) in [4.78, 5) is 0. The quantitative estimate of drug-likeness (QED) is 0.797. The molecule has 1 aromatic carbocycles. The number of anilines is 1. The second-order valence-corrected chi connectivity index (χ2v) is 5.32. The summed E-state index contributed by atoms with van der Waals surface area (Å²) in [7, 11) is 0. The summed E-state index contributed by atoms with van der Waals surface area (Å²) < 4.78 is 13.6. The maximum Gasteiger partial charge on any atom is 0.171 e. The molecule has 0 unspecified atom stereocenters. The summed E-state index contributed by atoms with van der Waals surface area (Å²) in [5.41, 5.74) is 1.35. The zero-order chi connectivity index (χ0) is 13.0. The minimum Gasteiger partial charge on any atom is -0.360 e. The van der Waals surface area contributed by atoms with Crippen molar-refractivity contribution in [1.82, 2.24) is 5.32 Å². The highest BCUT2D eigenvalue weighted by molar-refractivity contribution is 7.80. The molecule has 1 saturated carbocycles. The van der Waals surface area contributed by atoms with Crippen molar-refractivity contribution in [1.29, 1.82) is 0 Å². The first-order valence-corrected chi connectivity index (χ1v) is 6.89. The lowest BCUT2D eigenvalue weighted by Gasteiger charge is -2.24. The summed E-state index contributed by atoms with van der Waals surface area (Å²) in [6.45, 7) is 1.87. The fraction of sp³-hybridized carbons (Fsp3) is 0.500. The number of benzene rings is 1. The van der Waals surface area contributed by atoms with Crippen LogP contribution in [0.3, 0.4) is 0 Å². The van der Waals surface area contributed by atoms with E-state index in [1.807, 2.05) is 13.0 Å². The van der Waals surface area contributed by atoms with Crippen molar-refractivity contribution in [3.05, 3.63) is 29.6 Å². The van der Waals surface area contributed by atoms with E-state index in [4.69, 9.17) is 12.2 Å². The monoisotopic (exact) mass is 266 g/mol. The standard InChI is InChI=1S/C14H19FN2S/c1-10-7-8-13(12(15)9-10)17-14(18)16-11-5-3-2-4-6-11/h7-9,11H,2-6H2,1H3,(H2,16,17,18). The number of aryl methyl sites for hydroxylation is 1. The van der Waals surface area contributed by atoms with Gasteiger partial charge in [-0.3, -0.25) is 0 Å². The zero-order valence-corrected chi connectivity index (χ0v) is 11.4. The van der Waals surface area contributed by atoms with Gasteiger partial charge in [-0.25, -0.2) is 4.39 Å². The third kappa shape index (κ3) is 3.67. The molecular formula is C14H19FN2S. The van der Waals surface area contributed by atoms with Crippen molar-refractivity contribution in [2.45, 2.75) is 45.1 Å². The molecule has 1 aliphatic rings. The third-order valence-corrected chi connectivity index (χ3v) is 3.53. The highest BCUT2D eigenvalue weighted by Crippen LogP contribution is 2.18. The Bertz CT molecular complexity index is 428. The summed E-state index contributed by atoms with van der Waals surface area (Å²) in [5, 5.41) is 6.71. The molecule has 1 aliphatic carbocycles. The number of rotatable bonds is 2. The van der Waals surface area contributed by atoms with E-state index in [2.05, 4.69) is 10.6 Å². The van der Waals surface area contributed by atoms with Gasteiger partial charge in [0.1, 0.15) is 5.82 Å². The summed E-state index contributed by atoms with van der Waals surface area (Å²) in [6, 6.07) is 5.53. The van der Waals surface area contributed by atoms with Gasteiger partial charge in [-0.05, 0) is 49.7 Å². The lowest BCUT2D eigenvalue weighted by atomic mass is 9.96. The predicted octanol–water partition coefficient (Wildman–Crippen LogP) is 3.75. The average Bonchev–Trinajstić information content (AvgIpc) is 2.34. The molecule has 0 aliphatic heterocycles. The molecule has 0 saturated heterocycles. The number of hydrogen-bond donors (Lipinski definition) is 2. The van der Waals surface area contributed by atoms with Crippen LogP contribution in [0.15, 0.2) is 18.2 Å². The van der Waals surface area contributed by atoms with Crippen LogP contribution in [0, 0.1) is 12.7 Å². The van der Waals surface area contributed by atoms with Crippen LogP contribution >= 0.6 is 12.2 Å². The van der Waals surface area contributed by atoms with E-state index in [1.54, 1.807) is 6.07 Å². The van der Waals surface area contributed by atoms with Crippen LogP contribution in [0.1, 0.15) is 37.7 Å². The molecule has 0 bridgehead atoms. The van der Waals surface area contributed by atoms with E-state index in [-0.39, 0.29) is 5.82 Å². The van der Waals surface area contributed by atoms with Crippen LogP contribution in [0.25, 0.3) is 0 Å². The molecule has 0 aromatic heterocycles. The molecule has 2 N–H and O–H groups in total. The van der Waals surface area contributed by atoms with E-state index in [1.165, 1.54) is 25.3 Å². The lowest BCUT2D eigenvalue weighted by Crippen LogP contribution is -2.38. The van der Waals surface area contributed by atoms with Crippen LogP contribution in [-0.4, -0.2) is 11.2 Å². The fourth-order valence-corrected chi connectivity index (χ4v) is 2.59. The molecule has 1 fully saturated rings. The summed E-state index contributed by atoms with van der Waals surface area (Å²) >= 11 is 5.22. The number of nitrogens with one attached hydrogen (secondary N) is 2. The van der Waals surface area contributed by atoms with Crippen LogP contribution < -0.4 is 10.6 Å². The zero-order valence-electron chi connectivity index (χ0n) is 10.6. The van der Waals surface area contributed by atoms with Crippen molar-refractivity contribution in [2.24, 2.45) is 0 Å². The van der Waals surface area contributed by atoms with Gasteiger partial charge < -0.3 is 10.6 Å². The average molecular weight is 266 g/mol. The van der Waals surface area contributed by atoms with Crippen LogP contribution in [-0.2, 0) is 0 Å². The Morgan fingerprint density at radius 1 is 1.28 bits per heavy atom. The van der Waals surface area contributed by atoms with E-state index >= 15 is 0 Å².